The van der Waals surface area contributed by atoms with Gasteiger partial charge in [-0.3, -0.25) is 0 Å². The number of benzene rings is 6. The fourth-order valence-corrected chi connectivity index (χ4v) is 7.18. The van der Waals surface area contributed by atoms with Crippen molar-refractivity contribution in [3.63, 3.8) is 0 Å². The Labute approximate surface area is 300 Å². The molecule has 0 radical (unpaired) electrons. The third-order valence-electron chi connectivity index (χ3n) is 9.45. The summed E-state index contributed by atoms with van der Waals surface area (Å²) in [7, 11) is 0. The Bertz CT molecular complexity index is 2980. The standard InChI is InChI=1S/C43H20F3N7/c1-24-12-27(16-29(13-24)43(44,45)46)36-20-37(52-38-14-25(21-47)4-8-32(38)34-10-6-30(50-2)18-41(34)52)28(23-49)17-40(36)53-39-15-26(22-48)5-9-33(39)35-11-7-31(51-3)19-42(35)53/h4-20H,1H3. The minimum Gasteiger partial charge on any atom is -0.310 e. The molecular weight excluding hydrogens is 672 g/mol. The normalized spacial score (nSPS) is 11.3. The van der Waals surface area contributed by atoms with Crippen LogP contribution in [0.15, 0.2) is 103 Å². The smallest absolute Gasteiger partial charge is 0.310 e. The zero-order chi connectivity index (χ0) is 37.2. The van der Waals surface area contributed by atoms with Crippen molar-refractivity contribution in [2.75, 3.05) is 0 Å². The molecule has 0 bridgehead atoms. The average Bonchev–Trinajstić information content (AvgIpc) is 3.67. The molecular formula is C43H20F3N7. The van der Waals surface area contributed by atoms with Crippen LogP contribution in [-0.2, 0) is 6.18 Å². The molecule has 0 amide bonds. The number of nitrogens with zero attached hydrogens (tertiary/aromatic N) is 7. The highest BCUT2D eigenvalue weighted by Crippen LogP contribution is 2.43. The van der Waals surface area contributed by atoms with Crippen LogP contribution >= 0.6 is 0 Å². The van der Waals surface area contributed by atoms with E-state index in [1.165, 1.54) is 0 Å². The molecule has 0 aliphatic rings. The van der Waals surface area contributed by atoms with Crippen LogP contribution in [0, 0.1) is 54.1 Å². The van der Waals surface area contributed by atoms with Crippen LogP contribution in [-0.4, -0.2) is 9.13 Å². The molecule has 0 atom stereocenters. The predicted octanol–water partition coefficient (Wildman–Crippen LogP) is 11.6. The number of alkyl halides is 3. The van der Waals surface area contributed by atoms with Gasteiger partial charge in [-0.1, -0.05) is 42.5 Å². The van der Waals surface area contributed by atoms with Gasteiger partial charge in [0.2, 0.25) is 0 Å². The van der Waals surface area contributed by atoms with Crippen molar-refractivity contribution in [1.29, 1.82) is 15.8 Å². The van der Waals surface area contributed by atoms with Gasteiger partial charge in [0.25, 0.3) is 0 Å². The quantitative estimate of drug-likeness (QED) is 0.173. The van der Waals surface area contributed by atoms with E-state index < -0.39 is 11.7 Å². The van der Waals surface area contributed by atoms with Gasteiger partial charge < -0.3 is 9.13 Å². The molecule has 0 aliphatic heterocycles. The molecule has 8 rings (SSSR count). The largest absolute Gasteiger partial charge is 0.416 e. The Hall–Kier alpha value is -7.84. The van der Waals surface area contributed by atoms with Crippen molar-refractivity contribution >= 4 is 55.0 Å². The molecule has 0 saturated carbocycles. The highest BCUT2D eigenvalue weighted by Gasteiger charge is 2.32. The van der Waals surface area contributed by atoms with E-state index in [4.69, 9.17) is 13.1 Å². The van der Waals surface area contributed by atoms with Crippen molar-refractivity contribution in [3.05, 3.63) is 154 Å². The summed E-state index contributed by atoms with van der Waals surface area (Å²) < 4.78 is 46.7. The second-order valence-electron chi connectivity index (χ2n) is 12.6. The van der Waals surface area contributed by atoms with E-state index in [1.807, 2.05) is 0 Å². The molecule has 0 N–H and O–H groups in total. The maximum Gasteiger partial charge on any atom is 0.416 e. The van der Waals surface area contributed by atoms with E-state index >= 15 is 0 Å². The van der Waals surface area contributed by atoms with Gasteiger partial charge >= 0.3 is 6.18 Å². The summed E-state index contributed by atoms with van der Waals surface area (Å²) in [4.78, 5) is 7.23. The number of rotatable bonds is 3. The minimum absolute atomic E-state index is 0.148. The molecule has 0 saturated heterocycles. The summed E-state index contributed by atoms with van der Waals surface area (Å²) in [6, 6.07) is 34.2. The minimum atomic E-state index is -4.66. The molecule has 6 aromatic carbocycles. The number of halogens is 3. The molecule has 0 aliphatic carbocycles. The summed E-state index contributed by atoms with van der Waals surface area (Å²) >= 11 is 0. The molecule has 0 fully saturated rings. The highest BCUT2D eigenvalue weighted by molar-refractivity contribution is 6.12. The van der Waals surface area contributed by atoms with Crippen LogP contribution in [0.2, 0.25) is 0 Å². The Morgan fingerprint density at radius 1 is 0.566 bits per heavy atom. The van der Waals surface area contributed by atoms with Crippen molar-refractivity contribution in [3.8, 4) is 40.7 Å². The fraction of sp³-hybridized carbons (Fsp3) is 0.0465. The fourth-order valence-electron chi connectivity index (χ4n) is 7.18. The third kappa shape index (κ3) is 5.09. The van der Waals surface area contributed by atoms with Crippen LogP contribution in [0.5, 0.6) is 0 Å². The molecule has 7 nitrogen and oxygen atoms in total. The number of aromatic nitrogens is 2. The van der Waals surface area contributed by atoms with E-state index in [9.17, 15) is 29.0 Å². The van der Waals surface area contributed by atoms with Gasteiger partial charge in [0, 0.05) is 38.1 Å². The Balaban J connectivity index is 1.59. The first-order chi connectivity index (χ1) is 25.6. The topological polar surface area (TPSA) is 89.9 Å². The van der Waals surface area contributed by atoms with Crippen molar-refractivity contribution in [2.45, 2.75) is 13.1 Å². The number of nitriles is 3. The molecule has 53 heavy (non-hydrogen) atoms. The van der Waals surface area contributed by atoms with Gasteiger partial charge in [-0.2, -0.15) is 29.0 Å². The summed E-state index contributed by atoms with van der Waals surface area (Å²) in [5.74, 6) is 0. The molecule has 248 valence electrons. The maximum absolute atomic E-state index is 14.4. The van der Waals surface area contributed by atoms with Gasteiger partial charge in [-0.15, -0.1) is 0 Å². The second kappa shape index (κ2) is 11.9. The molecule has 8 aromatic rings. The van der Waals surface area contributed by atoms with Gasteiger partial charge in [0.15, 0.2) is 11.4 Å². The number of fused-ring (bicyclic) bond motifs is 6. The number of hydrogen-bond acceptors (Lipinski definition) is 3. The lowest BCUT2D eigenvalue weighted by Crippen LogP contribution is -2.07. The zero-order valence-corrected chi connectivity index (χ0v) is 27.6. The van der Waals surface area contributed by atoms with E-state index in [-0.39, 0.29) is 11.1 Å². The van der Waals surface area contributed by atoms with Crippen LogP contribution in [0.1, 0.15) is 27.8 Å². The van der Waals surface area contributed by atoms with Crippen LogP contribution in [0.4, 0.5) is 24.5 Å². The summed E-state index contributed by atoms with van der Waals surface area (Å²) in [5.41, 5.74) is 4.45. The van der Waals surface area contributed by atoms with Gasteiger partial charge in [-0.05, 0) is 78.7 Å². The summed E-state index contributed by atoms with van der Waals surface area (Å²) in [5, 5.41) is 33.5. The average molecular weight is 692 g/mol. The van der Waals surface area contributed by atoms with Crippen molar-refractivity contribution in [1.82, 2.24) is 9.13 Å². The lowest BCUT2D eigenvalue weighted by Gasteiger charge is -2.20. The third-order valence-corrected chi connectivity index (χ3v) is 9.45. The number of hydrogen-bond donors (Lipinski definition) is 0. The van der Waals surface area contributed by atoms with Gasteiger partial charge in [0.05, 0.1) is 69.9 Å². The SMILES string of the molecule is [C-]#[N+]c1ccc2c3ccc(C#N)cc3n(-c3cc(-c4cc(C)cc(C(F)(F)F)c4)c(-n4c5cc(C#N)ccc5c5ccc([N+]#[C-])cc54)cc3C#N)c2c1. The monoisotopic (exact) mass is 691 g/mol. The van der Waals surface area contributed by atoms with Gasteiger partial charge in [-0.25, -0.2) is 9.69 Å². The molecule has 2 aromatic heterocycles. The van der Waals surface area contributed by atoms with E-state index in [0.717, 1.165) is 33.7 Å². The first-order valence-corrected chi connectivity index (χ1v) is 16.1. The summed E-state index contributed by atoms with van der Waals surface area (Å²) in [6.07, 6.45) is -4.66. The van der Waals surface area contributed by atoms with Crippen molar-refractivity contribution < 1.29 is 13.2 Å². The van der Waals surface area contributed by atoms with E-state index in [2.05, 4.69) is 27.9 Å². The van der Waals surface area contributed by atoms with Gasteiger partial charge in [0.1, 0.15) is 6.07 Å². The highest BCUT2D eigenvalue weighted by atomic mass is 19.4. The van der Waals surface area contributed by atoms with E-state index in [0.29, 0.717) is 67.1 Å². The van der Waals surface area contributed by atoms with Crippen LogP contribution < -0.4 is 0 Å². The molecule has 0 spiro atoms. The van der Waals surface area contributed by atoms with Crippen LogP contribution in [0.3, 0.4) is 0 Å². The Morgan fingerprint density at radius 2 is 1.06 bits per heavy atom. The first-order valence-electron chi connectivity index (χ1n) is 16.1. The summed E-state index contributed by atoms with van der Waals surface area (Å²) in [6.45, 7) is 17.0. The van der Waals surface area contributed by atoms with Crippen LogP contribution in [0.25, 0.3) is 75.8 Å². The Kier molecular flexibility index (Phi) is 7.26. The van der Waals surface area contributed by atoms with E-state index in [1.54, 1.807) is 107 Å². The maximum atomic E-state index is 14.4. The van der Waals surface area contributed by atoms with Crippen molar-refractivity contribution in [2.24, 2.45) is 0 Å². The molecule has 0 unspecified atom stereocenters. The lowest BCUT2D eigenvalue weighted by molar-refractivity contribution is -0.137. The predicted molar refractivity (Wildman–Crippen MR) is 197 cm³/mol. The molecule has 2 heterocycles. The first kappa shape index (κ1) is 32.4. The number of aryl methyl sites for hydroxylation is 1. The zero-order valence-electron chi connectivity index (χ0n) is 27.6. The lowest BCUT2D eigenvalue weighted by atomic mass is 9.96. The Morgan fingerprint density at radius 3 is 1.53 bits per heavy atom. The molecule has 10 heteroatoms. The second-order valence-corrected chi connectivity index (χ2v) is 12.6.